The van der Waals surface area contributed by atoms with Crippen LogP contribution in [0, 0.1) is 5.92 Å². The standard InChI is InChI=1S/C25H29ClF2N6O3S/c1-15-6-9-33(18-14-30-21-12-19(26)31-34(21)22(15)18)20-5-4-17(13-29-20)23(25(2,27)28)32(3)24(35)16-7-10-38(36,37)11-8-16/h4-5,12-16,23H,6-11H2,1-3H3/t15?,23-/m0/s1. The van der Waals surface area contributed by atoms with Crippen LogP contribution in [0.4, 0.5) is 20.3 Å². The SMILES string of the molecule is CC1CCN(c2ccc([C@H](N(C)C(=O)C3CCS(=O)(=O)CC3)C(C)(F)F)cn2)c2cnc3cc(Cl)nn3c21. The Balaban J connectivity index is 1.43. The second-order valence-corrected chi connectivity index (χ2v) is 13.0. The third-order valence-corrected chi connectivity index (χ3v) is 9.40. The van der Waals surface area contributed by atoms with Crippen LogP contribution in [0.2, 0.25) is 5.15 Å². The van der Waals surface area contributed by atoms with Crippen molar-refractivity contribution in [3.8, 4) is 0 Å². The van der Waals surface area contributed by atoms with Crippen LogP contribution in [0.3, 0.4) is 0 Å². The highest BCUT2D eigenvalue weighted by molar-refractivity contribution is 7.91. The number of rotatable bonds is 5. The van der Waals surface area contributed by atoms with Crippen molar-refractivity contribution in [2.24, 2.45) is 5.92 Å². The van der Waals surface area contributed by atoms with Crippen molar-refractivity contribution < 1.29 is 22.0 Å². The maximum absolute atomic E-state index is 14.9. The van der Waals surface area contributed by atoms with Gasteiger partial charge < -0.3 is 9.80 Å². The molecule has 1 saturated heterocycles. The van der Waals surface area contributed by atoms with Crippen LogP contribution in [-0.2, 0) is 14.6 Å². The first-order valence-corrected chi connectivity index (χ1v) is 14.7. The van der Waals surface area contributed by atoms with Gasteiger partial charge in [0, 0.05) is 44.6 Å². The Bertz CT molecular complexity index is 1460. The summed E-state index contributed by atoms with van der Waals surface area (Å²) >= 11 is 6.11. The molecule has 0 spiro atoms. The molecule has 0 aromatic carbocycles. The van der Waals surface area contributed by atoms with E-state index in [1.165, 1.54) is 13.2 Å². The van der Waals surface area contributed by atoms with E-state index in [2.05, 4.69) is 22.0 Å². The van der Waals surface area contributed by atoms with Gasteiger partial charge in [-0.15, -0.1) is 0 Å². The van der Waals surface area contributed by atoms with Crippen LogP contribution in [-0.4, -0.2) is 69.8 Å². The molecule has 0 radical (unpaired) electrons. The van der Waals surface area contributed by atoms with E-state index in [1.54, 1.807) is 28.9 Å². The summed E-state index contributed by atoms with van der Waals surface area (Å²) in [6.07, 6.45) is 4.21. The van der Waals surface area contributed by atoms with Crippen LogP contribution in [0.15, 0.2) is 30.6 Å². The normalized spacial score (nSPS) is 20.8. The van der Waals surface area contributed by atoms with Crippen molar-refractivity contribution in [2.75, 3.05) is 30.0 Å². The molecule has 2 aliphatic rings. The number of pyridine rings is 1. The predicted octanol–water partition coefficient (Wildman–Crippen LogP) is 4.40. The first kappa shape index (κ1) is 26.7. The maximum Gasteiger partial charge on any atom is 0.269 e. The van der Waals surface area contributed by atoms with Crippen LogP contribution in [0.1, 0.15) is 56.3 Å². The molecule has 2 aliphatic heterocycles. The third-order valence-electron chi connectivity index (χ3n) is 7.50. The summed E-state index contributed by atoms with van der Waals surface area (Å²) in [7, 11) is -1.83. The van der Waals surface area contributed by atoms with Gasteiger partial charge in [0.15, 0.2) is 10.8 Å². The monoisotopic (exact) mass is 566 g/mol. The molecule has 5 heterocycles. The van der Waals surface area contributed by atoms with Crippen molar-refractivity contribution in [1.29, 1.82) is 0 Å². The largest absolute Gasteiger partial charge is 0.332 e. The minimum atomic E-state index is -3.25. The number of halogens is 3. The number of alkyl halides is 2. The van der Waals surface area contributed by atoms with Gasteiger partial charge in [-0.05, 0) is 30.9 Å². The molecule has 0 bridgehead atoms. The summed E-state index contributed by atoms with van der Waals surface area (Å²) in [5.41, 5.74) is 2.59. The quantitative estimate of drug-likeness (QED) is 0.451. The number of hydrogen-bond donors (Lipinski definition) is 0. The van der Waals surface area contributed by atoms with Gasteiger partial charge in [-0.3, -0.25) is 4.79 Å². The zero-order valence-corrected chi connectivity index (χ0v) is 22.9. The molecule has 1 fully saturated rings. The highest BCUT2D eigenvalue weighted by atomic mass is 35.5. The molecule has 0 saturated carbocycles. The van der Waals surface area contributed by atoms with Crippen molar-refractivity contribution in [2.45, 2.75) is 51.0 Å². The lowest BCUT2D eigenvalue weighted by Crippen LogP contribution is -2.44. The Labute approximate surface area is 224 Å². The lowest BCUT2D eigenvalue weighted by molar-refractivity contribution is -0.146. The lowest BCUT2D eigenvalue weighted by Gasteiger charge is -2.36. The molecular formula is C25H29ClF2N6O3S. The molecule has 1 unspecified atom stereocenters. The fourth-order valence-corrected chi connectivity index (χ4v) is 7.19. The number of amides is 1. The molecule has 13 heteroatoms. The van der Waals surface area contributed by atoms with E-state index in [4.69, 9.17) is 11.6 Å². The van der Waals surface area contributed by atoms with E-state index in [1.807, 2.05) is 4.90 Å². The molecule has 9 nitrogen and oxygen atoms in total. The first-order chi connectivity index (χ1) is 17.9. The van der Waals surface area contributed by atoms with Crippen molar-refractivity contribution in [3.63, 3.8) is 0 Å². The van der Waals surface area contributed by atoms with E-state index >= 15 is 0 Å². The van der Waals surface area contributed by atoms with Crippen molar-refractivity contribution in [3.05, 3.63) is 47.0 Å². The second-order valence-electron chi connectivity index (χ2n) is 10.3. The fraction of sp³-hybridized carbons (Fsp3) is 0.520. The zero-order chi connectivity index (χ0) is 27.4. The topological polar surface area (TPSA) is 101 Å². The average Bonchev–Trinajstić information content (AvgIpc) is 3.24. The number of nitrogens with zero attached hydrogens (tertiary/aromatic N) is 6. The second kappa shape index (κ2) is 9.71. The van der Waals surface area contributed by atoms with Crippen LogP contribution in [0.5, 0.6) is 0 Å². The summed E-state index contributed by atoms with van der Waals surface area (Å²) in [5, 5.41) is 4.72. The molecule has 3 aromatic rings. The highest BCUT2D eigenvalue weighted by Crippen LogP contribution is 2.40. The van der Waals surface area contributed by atoms with Gasteiger partial charge in [-0.1, -0.05) is 24.6 Å². The van der Waals surface area contributed by atoms with Gasteiger partial charge in [-0.25, -0.2) is 31.7 Å². The molecule has 5 rings (SSSR count). The average molecular weight is 567 g/mol. The van der Waals surface area contributed by atoms with Crippen LogP contribution >= 0.6 is 11.6 Å². The number of carbonyl (C=O) groups excluding carboxylic acids is 1. The molecule has 2 atom stereocenters. The van der Waals surface area contributed by atoms with Gasteiger partial charge in [0.1, 0.15) is 21.7 Å². The first-order valence-electron chi connectivity index (χ1n) is 12.5. The predicted molar refractivity (Wildman–Crippen MR) is 140 cm³/mol. The van der Waals surface area contributed by atoms with Crippen molar-refractivity contribution >= 4 is 44.5 Å². The maximum atomic E-state index is 14.9. The Morgan fingerprint density at radius 1 is 1.18 bits per heavy atom. The summed E-state index contributed by atoms with van der Waals surface area (Å²) in [6, 6.07) is 3.37. The number of carbonyl (C=O) groups is 1. The van der Waals surface area contributed by atoms with Gasteiger partial charge in [0.25, 0.3) is 5.92 Å². The summed E-state index contributed by atoms with van der Waals surface area (Å²) in [5.74, 6) is -3.80. The summed E-state index contributed by atoms with van der Waals surface area (Å²) < 4.78 is 55.0. The summed E-state index contributed by atoms with van der Waals surface area (Å²) in [4.78, 5) is 25.1. The molecule has 0 N–H and O–H groups in total. The van der Waals surface area contributed by atoms with Crippen LogP contribution in [0.25, 0.3) is 5.65 Å². The Morgan fingerprint density at radius 3 is 2.53 bits per heavy atom. The number of sulfone groups is 1. The van der Waals surface area contributed by atoms with Gasteiger partial charge in [-0.2, -0.15) is 5.10 Å². The van der Waals surface area contributed by atoms with Gasteiger partial charge in [0.05, 0.1) is 29.1 Å². The van der Waals surface area contributed by atoms with E-state index in [0.29, 0.717) is 23.2 Å². The number of anilines is 2. The number of fused-ring (bicyclic) bond motifs is 3. The van der Waals surface area contributed by atoms with E-state index < -0.39 is 33.6 Å². The Morgan fingerprint density at radius 2 is 1.89 bits per heavy atom. The molecule has 3 aromatic heterocycles. The van der Waals surface area contributed by atoms with Crippen LogP contribution < -0.4 is 4.90 Å². The van der Waals surface area contributed by atoms with E-state index in [9.17, 15) is 22.0 Å². The van der Waals surface area contributed by atoms with E-state index in [0.717, 1.165) is 29.6 Å². The molecule has 1 amide bonds. The lowest BCUT2D eigenvalue weighted by atomic mass is 9.96. The fourth-order valence-electron chi connectivity index (χ4n) is 5.53. The van der Waals surface area contributed by atoms with Gasteiger partial charge in [0.2, 0.25) is 5.91 Å². The van der Waals surface area contributed by atoms with Gasteiger partial charge >= 0.3 is 0 Å². The molecule has 38 heavy (non-hydrogen) atoms. The Kier molecular flexibility index (Phi) is 6.83. The third kappa shape index (κ3) is 4.95. The molecular weight excluding hydrogens is 538 g/mol. The molecule has 0 aliphatic carbocycles. The minimum Gasteiger partial charge on any atom is -0.332 e. The Hall–Kier alpha value is -2.86. The van der Waals surface area contributed by atoms with E-state index in [-0.39, 0.29) is 35.8 Å². The number of hydrogen-bond acceptors (Lipinski definition) is 7. The minimum absolute atomic E-state index is 0.109. The smallest absolute Gasteiger partial charge is 0.269 e. The molecule has 204 valence electrons. The zero-order valence-electron chi connectivity index (χ0n) is 21.3. The number of aromatic nitrogens is 4. The highest BCUT2D eigenvalue weighted by Gasteiger charge is 2.43. The van der Waals surface area contributed by atoms with Crippen molar-refractivity contribution in [1.82, 2.24) is 24.5 Å². The summed E-state index contributed by atoms with van der Waals surface area (Å²) in [6.45, 7) is 3.53.